The maximum atomic E-state index is 13.1. The SMILES string of the molecule is COc1ccc(-c2nc3c4ccccc4nc(N[C@@H]4CN(C(O)OCc5ccccc5)CCNC4=O)n3n2)c(C)c1. The van der Waals surface area contributed by atoms with E-state index in [1.807, 2.05) is 79.7 Å². The monoisotopic (exact) mass is 553 g/mol. The molecule has 41 heavy (non-hydrogen) atoms. The maximum Gasteiger partial charge on any atom is 0.243 e. The molecule has 0 radical (unpaired) electrons. The van der Waals surface area contributed by atoms with Gasteiger partial charge in [0.2, 0.25) is 18.3 Å². The van der Waals surface area contributed by atoms with E-state index in [0.717, 1.165) is 27.8 Å². The first kappa shape index (κ1) is 26.6. The standard InChI is InChI=1S/C30H31N7O4/c1-19-16-21(40-2)12-13-22(19)26-34-27-23-10-6-7-11-24(23)32-29(37(27)35-26)33-25-17-36(15-14-31-28(25)38)30(39)41-18-20-8-4-3-5-9-20/h3-13,16,25,30,39H,14-15,17-18H2,1-2H3,(H,31,38)(H,32,33)/t25-,30?/m1/s1. The van der Waals surface area contributed by atoms with Crippen molar-refractivity contribution in [3.8, 4) is 17.1 Å². The van der Waals surface area contributed by atoms with E-state index < -0.39 is 12.5 Å². The summed E-state index contributed by atoms with van der Waals surface area (Å²) in [6.07, 6.45) is -1.19. The first-order valence-electron chi connectivity index (χ1n) is 13.4. The van der Waals surface area contributed by atoms with Crippen molar-refractivity contribution in [3.63, 3.8) is 0 Å². The maximum absolute atomic E-state index is 13.1. The summed E-state index contributed by atoms with van der Waals surface area (Å²) in [5, 5.41) is 22.6. The van der Waals surface area contributed by atoms with Crippen molar-refractivity contribution < 1.29 is 19.4 Å². The van der Waals surface area contributed by atoms with E-state index in [9.17, 15) is 9.90 Å². The number of rotatable bonds is 8. The molecule has 1 amide bonds. The average molecular weight is 554 g/mol. The molecule has 0 bridgehead atoms. The summed E-state index contributed by atoms with van der Waals surface area (Å²) in [7, 11) is 1.63. The summed E-state index contributed by atoms with van der Waals surface area (Å²) in [5.41, 5.74) is 4.10. The second-order valence-corrected chi connectivity index (χ2v) is 9.91. The van der Waals surface area contributed by atoms with E-state index >= 15 is 0 Å². The van der Waals surface area contributed by atoms with Gasteiger partial charge >= 0.3 is 0 Å². The molecule has 3 aromatic carbocycles. The third-order valence-corrected chi connectivity index (χ3v) is 7.14. The van der Waals surface area contributed by atoms with Crippen molar-refractivity contribution in [1.29, 1.82) is 0 Å². The molecular formula is C30H31N7O4. The summed E-state index contributed by atoms with van der Waals surface area (Å²) in [4.78, 5) is 24.5. The van der Waals surface area contributed by atoms with Crippen molar-refractivity contribution >= 4 is 28.4 Å². The second kappa shape index (κ2) is 11.5. The molecule has 1 aliphatic rings. The predicted octanol–water partition coefficient (Wildman–Crippen LogP) is 2.97. The van der Waals surface area contributed by atoms with Crippen molar-refractivity contribution in [3.05, 3.63) is 83.9 Å². The van der Waals surface area contributed by atoms with Crippen LogP contribution in [0.1, 0.15) is 11.1 Å². The van der Waals surface area contributed by atoms with Crippen LogP contribution in [-0.2, 0) is 16.1 Å². The van der Waals surface area contributed by atoms with Crippen LogP contribution >= 0.6 is 0 Å². The fourth-order valence-corrected chi connectivity index (χ4v) is 4.95. The largest absolute Gasteiger partial charge is 0.497 e. The Hall–Kier alpha value is -4.58. The first-order valence-corrected chi connectivity index (χ1v) is 13.4. The number of hydrogen-bond acceptors (Lipinski definition) is 9. The van der Waals surface area contributed by atoms with Crippen LogP contribution < -0.4 is 15.4 Å². The lowest BCUT2D eigenvalue weighted by atomic mass is 10.1. The molecule has 0 aliphatic carbocycles. The average Bonchev–Trinajstić information content (AvgIpc) is 3.36. The van der Waals surface area contributed by atoms with Gasteiger partial charge < -0.3 is 25.2 Å². The number of aromatic nitrogens is 4. The molecule has 3 N–H and O–H groups in total. The summed E-state index contributed by atoms with van der Waals surface area (Å²) < 4.78 is 12.7. The predicted molar refractivity (Wildman–Crippen MR) is 154 cm³/mol. The molecule has 1 aliphatic heterocycles. The fourth-order valence-electron chi connectivity index (χ4n) is 4.95. The number of hydrogen-bond donors (Lipinski definition) is 3. The molecule has 0 spiro atoms. The van der Waals surface area contributed by atoms with Gasteiger partial charge in [0, 0.05) is 30.6 Å². The molecule has 6 rings (SSSR count). The highest BCUT2D eigenvalue weighted by atomic mass is 16.6. The lowest BCUT2D eigenvalue weighted by Gasteiger charge is -2.28. The number of amides is 1. The van der Waals surface area contributed by atoms with Gasteiger partial charge in [0.15, 0.2) is 11.5 Å². The number of aliphatic hydroxyl groups excluding tert-OH is 1. The van der Waals surface area contributed by atoms with Crippen LogP contribution in [0.25, 0.3) is 27.9 Å². The molecule has 2 atom stereocenters. The van der Waals surface area contributed by atoms with Gasteiger partial charge in [0.25, 0.3) is 0 Å². The Morgan fingerprint density at radius 1 is 1.10 bits per heavy atom. The van der Waals surface area contributed by atoms with Crippen molar-refractivity contribution in [2.24, 2.45) is 0 Å². The van der Waals surface area contributed by atoms with Gasteiger partial charge in [-0.15, -0.1) is 5.10 Å². The minimum Gasteiger partial charge on any atom is -0.497 e. The highest BCUT2D eigenvalue weighted by Gasteiger charge is 2.30. The van der Waals surface area contributed by atoms with Crippen LogP contribution in [0, 0.1) is 6.92 Å². The normalized spacial score (nSPS) is 16.9. The Morgan fingerprint density at radius 3 is 2.71 bits per heavy atom. The van der Waals surface area contributed by atoms with Crippen molar-refractivity contribution in [2.75, 3.05) is 32.1 Å². The molecule has 3 heterocycles. The number of aryl methyl sites for hydroxylation is 1. The fraction of sp³-hybridized carbons (Fsp3) is 0.267. The number of fused-ring (bicyclic) bond motifs is 3. The van der Waals surface area contributed by atoms with Gasteiger partial charge in [-0.05, 0) is 48.4 Å². The van der Waals surface area contributed by atoms with Crippen LogP contribution in [-0.4, -0.2) is 74.7 Å². The van der Waals surface area contributed by atoms with Crippen LogP contribution in [0.4, 0.5) is 5.95 Å². The lowest BCUT2D eigenvalue weighted by molar-refractivity contribution is -0.198. The van der Waals surface area contributed by atoms with Crippen molar-refractivity contribution in [1.82, 2.24) is 29.8 Å². The molecule has 2 aromatic heterocycles. The Kier molecular flexibility index (Phi) is 7.47. The summed E-state index contributed by atoms with van der Waals surface area (Å²) >= 11 is 0. The lowest BCUT2D eigenvalue weighted by Crippen LogP contribution is -2.46. The van der Waals surface area contributed by atoms with Gasteiger partial charge in [-0.2, -0.15) is 4.52 Å². The number of carbonyl (C=O) groups is 1. The number of nitrogens with zero attached hydrogens (tertiary/aromatic N) is 5. The summed E-state index contributed by atoms with van der Waals surface area (Å²) in [6.45, 7) is 3.21. The van der Waals surface area contributed by atoms with E-state index in [4.69, 9.17) is 24.5 Å². The summed E-state index contributed by atoms with van der Waals surface area (Å²) in [5.74, 6) is 1.44. The molecule has 0 saturated carbocycles. The number of methoxy groups -OCH3 is 1. The number of anilines is 1. The number of para-hydroxylation sites is 1. The Labute approximate surface area is 236 Å². The van der Waals surface area contributed by atoms with Crippen molar-refractivity contribution in [2.45, 2.75) is 26.0 Å². The van der Waals surface area contributed by atoms with Gasteiger partial charge in [0.1, 0.15) is 11.8 Å². The molecular weight excluding hydrogens is 522 g/mol. The number of nitrogens with one attached hydrogen (secondary N) is 2. The highest BCUT2D eigenvalue weighted by Crippen LogP contribution is 2.28. The Morgan fingerprint density at radius 2 is 1.90 bits per heavy atom. The Bertz CT molecular complexity index is 1690. The topological polar surface area (TPSA) is 126 Å². The summed E-state index contributed by atoms with van der Waals surface area (Å²) in [6, 6.07) is 22.3. The molecule has 1 fully saturated rings. The smallest absolute Gasteiger partial charge is 0.243 e. The molecule has 1 saturated heterocycles. The van der Waals surface area contributed by atoms with E-state index in [0.29, 0.717) is 36.0 Å². The minimum absolute atomic E-state index is 0.191. The van der Waals surface area contributed by atoms with E-state index in [2.05, 4.69) is 10.6 Å². The zero-order chi connectivity index (χ0) is 28.3. The third kappa shape index (κ3) is 5.55. The molecule has 1 unspecified atom stereocenters. The van der Waals surface area contributed by atoms with Gasteiger partial charge in [-0.3, -0.25) is 9.69 Å². The highest BCUT2D eigenvalue weighted by molar-refractivity contribution is 5.93. The molecule has 210 valence electrons. The van der Waals surface area contributed by atoms with E-state index in [-0.39, 0.29) is 19.1 Å². The second-order valence-electron chi connectivity index (χ2n) is 9.91. The zero-order valence-corrected chi connectivity index (χ0v) is 22.8. The molecule has 11 nitrogen and oxygen atoms in total. The van der Waals surface area contributed by atoms with E-state index in [1.165, 1.54) is 0 Å². The van der Waals surface area contributed by atoms with Crippen LogP contribution in [0.5, 0.6) is 5.75 Å². The van der Waals surface area contributed by atoms with Crippen LogP contribution in [0.3, 0.4) is 0 Å². The van der Waals surface area contributed by atoms with Gasteiger partial charge in [0.05, 0.1) is 19.2 Å². The van der Waals surface area contributed by atoms with E-state index in [1.54, 1.807) is 16.5 Å². The first-order chi connectivity index (χ1) is 20.0. The Balaban J connectivity index is 1.31. The number of benzene rings is 3. The minimum atomic E-state index is -1.19. The molecule has 11 heteroatoms. The van der Waals surface area contributed by atoms with Gasteiger partial charge in [-0.25, -0.2) is 9.97 Å². The van der Waals surface area contributed by atoms with Gasteiger partial charge in [-0.1, -0.05) is 42.5 Å². The van der Waals surface area contributed by atoms with Crippen LogP contribution in [0.2, 0.25) is 0 Å². The number of ether oxygens (including phenoxy) is 2. The number of carbonyl (C=O) groups excluding carboxylic acids is 1. The van der Waals surface area contributed by atoms with Crippen LogP contribution in [0.15, 0.2) is 72.8 Å². The molecule has 5 aromatic rings. The quantitative estimate of drug-likeness (QED) is 0.249. The third-order valence-electron chi connectivity index (χ3n) is 7.14. The number of aliphatic hydroxyl groups is 1. The zero-order valence-electron chi connectivity index (χ0n) is 22.8.